The normalized spacial score (nSPS) is 12.0. The van der Waals surface area contributed by atoms with Gasteiger partial charge in [0, 0.05) is 31.8 Å². The Hall–Kier alpha value is -1.66. The molecule has 6 nitrogen and oxygen atoms in total. The van der Waals surface area contributed by atoms with Crippen LogP contribution in [-0.2, 0) is 4.74 Å². The summed E-state index contributed by atoms with van der Waals surface area (Å²) in [4.78, 5) is 24.4. The Bertz CT molecular complexity index is 522. The van der Waals surface area contributed by atoms with Crippen molar-refractivity contribution in [3.63, 3.8) is 0 Å². The van der Waals surface area contributed by atoms with Crippen LogP contribution >= 0.6 is 11.6 Å². The van der Waals surface area contributed by atoms with Crippen molar-refractivity contribution >= 4 is 23.2 Å². The maximum Gasteiger partial charge on any atom is 0.270 e. The van der Waals surface area contributed by atoms with Crippen molar-refractivity contribution < 1.29 is 14.5 Å². The molecule has 0 aliphatic carbocycles. The van der Waals surface area contributed by atoms with Crippen molar-refractivity contribution in [1.29, 1.82) is 0 Å². The highest BCUT2D eigenvalue weighted by molar-refractivity contribution is 6.34. The van der Waals surface area contributed by atoms with Gasteiger partial charge in [0.15, 0.2) is 0 Å². The first-order valence-corrected chi connectivity index (χ1v) is 7.04. The number of nitro benzene ring substituents is 1. The zero-order valence-electron chi connectivity index (χ0n) is 12.3. The molecule has 1 atom stereocenters. The number of hydrogen-bond acceptors (Lipinski definition) is 4. The van der Waals surface area contributed by atoms with E-state index in [2.05, 4.69) is 0 Å². The predicted molar refractivity (Wildman–Crippen MR) is 80.8 cm³/mol. The molecule has 1 unspecified atom stereocenters. The number of methoxy groups -OCH3 is 1. The number of hydrogen-bond donors (Lipinski definition) is 0. The van der Waals surface area contributed by atoms with Crippen molar-refractivity contribution in [3.8, 4) is 0 Å². The molecular weight excluding hydrogens is 296 g/mol. The number of carbonyl (C=O) groups is 1. The smallest absolute Gasteiger partial charge is 0.270 e. The van der Waals surface area contributed by atoms with Gasteiger partial charge < -0.3 is 9.64 Å². The molecule has 7 heteroatoms. The second-order valence-electron chi connectivity index (χ2n) is 4.67. The minimum atomic E-state index is -0.544. The summed E-state index contributed by atoms with van der Waals surface area (Å²) in [5.74, 6) is -0.249. The van der Waals surface area contributed by atoms with E-state index in [1.807, 2.05) is 13.8 Å². The van der Waals surface area contributed by atoms with Crippen LogP contribution in [0.5, 0.6) is 0 Å². The Balaban J connectivity index is 3.05. The van der Waals surface area contributed by atoms with Crippen LogP contribution < -0.4 is 0 Å². The topological polar surface area (TPSA) is 72.7 Å². The highest BCUT2D eigenvalue weighted by Crippen LogP contribution is 2.24. The number of non-ortho nitro benzene ring substituents is 1. The van der Waals surface area contributed by atoms with E-state index in [1.54, 1.807) is 12.0 Å². The summed E-state index contributed by atoms with van der Waals surface area (Å²) in [7, 11) is 1.57. The minimum Gasteiger partial charge on any atom is -0.383 e. The molecule has 0 spiro atoms. The van der Waals surface area contributed by atoms with Gasteiger partial charge in [-0.3, -0.25) is 14.9 Å². The van der Waals surface area contributed by atoms with Crippen LogP contribution in [0.2, 0.25) is 5.02 Å². The minimum absolute atomic E-state index is 0.0268. The third-order valence-electron chi connectivity index (χ3n) is 3.31. The molecule has 1 amide bonds. The van der Waals surface area contributed by atoms with E-state index in [9.17, 15) is 14.9 Å². The van der Waals surface area contributed by atoms with E-state index in [4.69, 9.17) is 16.3 Å². The van der Waals surface area contributed by atoms with E-state index in [0.717, 1.165) is 6.42 Å². The van der Waals surface area contributed by atoms with E-state index >= 15 is 0 Å². The van der Waals surface area contributed by atoms with E-state index in [1.165, 1.54) is 18.2 Å². The standard InChI is InChI=1S/C14H19ClN2O4/c1-4-10(2)16(7-8-21-3)14(18)12-6-5-11(17(19)20)9-13(12)15/h5-6,9-10H,4,7-8H2,1-3H3. The maximum atomic E-state index is 12.6. The van der Waals surface area contributed by atoms with Gasteiger partial charge in [0.1, 0.15) is 0 Å². The molecule has 116 valence electrons. The van der Waals surface area contributed by atoms with Gasteiger partial charge in [0.25, 0.3) is 11.6 Å². The molecule has 0 N–H and O–H groups in total. The molecule has 0 radical (unpaired) electrons. The number of amides is 1. The SMILES string of the molecule is CCC(C)N(CCOC)C(=O)c1ccc([N+](=O)[O-])cc1Cl. The van der Waals surface area contributed by atoms with Crippen LogP contribution in [0.3, 0.4) is 0 Å². The third kappa shape index (κ3) is 4.41. The number of carbonyl (C=O) groups excluding carboxylic acids is 1. The molecule has 0 saturated heterocycles. The molecule has 0 aromatic heterocycles. The number of rotatable bonds is 7. The number of nitrogens with zero attached hydrogens (tertiary/aromatic N) is 2. The zero-order valence-corrected chi connectivity index (χ0v) is 13.1. The van der Waals surface area contributed by atoms with Crippen LogP contribution in [0.4, 0.5) is 5.69 Å². The molecule has 1 aromatic rings. The first kappa shape index (κ1) is 17.4. The summed E-state index contributed by atoms with van der Waals surface area (Å²) in [5, 5.41) is 10.8. The van der Waals surface area contributed by atoms with Gasteiger partial charge in [-0.15, -0.1) is 0 Å². The fraction of sp³-hybridized carbons (Fsp3) is 0.500. The van der Waals surface area contributed by atoms with E-state index in [0.29, 0.717) is 13.2 Å². The number of nitro groups is 1. The lowest BCUT2D eigenvalue weighted by Crippen LogP contribution is -2.40. The Labute approximate surface area is 128 Å². The third-order valence-corrected chi connectivity index (χ3v) is 3.63. The van der Waals surface area contributed by atoms with Gasteiger partial charge >= 0.3 is 0 Å². The first-order chi connectivity index (χ1) is 9.92. The Morgan fingerprint density at radius 3 is 2.67 bits per heavy atom. The van der Waals surface area contributed by atoms with Crippen LogP contribution in [0.25, 0.3) is 0 Å². The number of ether oxygens (including phenoxy) is 1. The van der Waals surface area contributed by atoms with Crippen molar-refractivity contribution in [3.05, 3.63) is 38.9 Å². The second kappa shape index (κ2) is 7.95. The molecular formula is C14H19ClN2O4. The quantitative estimate of drug-likeness (QED) is 0.572. The zero-order chi connectivity index (χ0) is 16.0. The molecule has 0 aliphatic heterocycles. The molecule has 1 aromatic carbocycles. The second-order valence-corrected chi connectivity index (χ2v) is 5.08. The average Bonchev–Trinajstić information content (AvgIpc) is 2.46. The van der Waals surface area contributed by atoms with Gasteiger partial charge in [-0.05, 0) is 19.4 Å². The van der Waals surface area contributed by atoms with Crippen LogP contribution in [0.15, 0.2) is 18.2 Å². The van der Waals surface area contributed by atoms with Gasteiger partial charge in [-0.2, -0.15) is 0 Å². The summed E-state index contributed by atoms with van der Waals surface area (Å²) in [6.07, 6.45) is 0.792. The van der Waals surface area contributed by atoms with Gasteiger partial charge in [-0.25, -0.2) is 0 Å². The van der Waals surface area contributed by atoms with Crippen molar-refractivity contribution in [2.75, 3.05) is 20.3 Å². The predicted octanol–water partition coefficient (Wildman–Crippen LogP) is 3.14. The lowest BCUT2D eigenvalue weighted by atomic mass is 10.1. The Morgan fingerprint density at radius 1 is 1.52 bits per heavy atom. The van der Waals surface area contributed by atoms with Crippen LogP contribution in [0.1, 0.15) is 30.6 Å². The lowest BCUT2D eigenvalue weighted by Gasteiger charge is -2.28. The molecule has 0 fully saturated rings. The van der Waals surface area contributed by atoms with Crippen LogP contribution in [-0.4, -0.2) is 42.0 Å². The fourth-order valence-corrected chi connectivity index (χ4v) is 2.13. The van der Waals surface area contributed by atoms with Crippen LogP contribution in [0, 0.1) is 10.1 Å². The number of benzene rings is 1. The van der Waals surface area contributed by atoms with Gasteiger partial charge in [-0.1, -0.05) is 18.5 Å². The summed E-state index contributed by atoms with van der Waals surface area (Å²) < 4.78 is 5.02. The molecule has 0 aliphatic rings. The largest absolute Gasteiger partial charge is 0.383 e. The molecule has 0 saturated carbocycles. The summed E-state index contributed by atoms with van der Waals surface area (Å²) in [5.41, 5.74) is 0.127. The fourth-order valence-electron chi connectivity index (χ4n) is 1.88. The Kier molecular flexibility index (Phi) is 6.58. The molecule has 21 heavy (non-hydrogen) atoms. The summed E-state index contributed by atoms with van der Waals surface area (Å²) in [6.45, 7) is 4.78. The van der Waals surface area contributed by atoms with Crippen molar-refractivity contribution in [2.45, 2.75) is 26.3 Å². The Morgan fingerprint density at radius 2 is 2.19 bits per heavy atom. The van der Waals surface area contributed by atoms with Crippen molar-refractivity contribution in [1.82, 2.24) is 4.90 Å². The van der Waals surface area contributed by atoms with Gasteiger partial charge in [0.05, 0.1) is 22.1 Å². The lowest BCUT2D eigenvalue weighted by molar-refractivity contribution is -0.384. The monoisotopic (exact) mass is 314 g/mol. The first-order valence-electron chi connectivity index (χ1n) is 6.66. The van der Waals surface area contributed by atoms with Gasteiger partial charge in [0.2, 0.25) is 0 Å². The summed E-state index contributed by atoms with van der Waals surface area (Å²) in [6, 6.07) is 3.90. The highest BCUT2D eigenvalue weighted by atomic mass is 35.5. The highest BCUT2D eigenvalue weighted by Gasteiger charge is 2.23. The average molecular weight is 315 g/mol. The number of halogens is 1. The maximum absolute atomic E-state index is 12.6. The molecule has 0 bridgehead atoms. The van der Waals surface area contributed by atoms with Crippen molar-refractivity contribution in [2.24, 2.45) is 0 Å². The molecule has 0 heterocycles. The summed E-state index contributed by atoms with van der Waals surface area (Å²) >= 11 is 6.01. The molecule has 1 rings (SSSR count). The van der Waals surface area contributed by atoms with E-state index in [-0.39, 0.29) is 28.2 Å². The van der Waals surface area contributed by atoms with E-state index < -0.39 is 4.92 Å².